The molecular weight excluding hydrogens is 537 g/mol. The maximum absolute atomic E-state index is 4.85. The summed E-state index contributed by atoms with van der Waals surface area (Å²) in [4.78, 5) is 14.5. The number of halogens is 3. The Morgan fingerprint density at radius 1 is 0.677 bits per heavy atom. The first-order valence-corrected chi connectivity index (χ1v) is 10.1. The Balaban J connectivity index is 0.00000300. The minimum atomic E-state index is 0. The molecular formula is C24H24BrCl2FeN3. The van der Waals surface area contributed by atoms with Crippen LogP contribution in [-0.4, -0.2) is 16.4 Å². The second-order valence-corrected chi connectivity index (χ2v) is 7.80. The van der Waals surface area contributed by atoms with E-state index in [0.29, 0.717) is 0 Å². The molecule has 0 fully saturated rings. The molecule has 0 unspecified atom stereocenters. The van der Waals surface area contributed by atoms with Gasteiger partial charge in [0.1, 0.15) is 0 Å². The summed E-state index contributed by atoms with van der Waals surface area (Å²) in [5.41, 5.74) is 8.88. The number of hydrogen-bond acceptors (Lipinski definition) is 3. The van der Waals surface area contributed by atoms with Crippen molar-refractivity contribution in [2.75, 3.05) is 0 Å². The first-order chi connectivity index (χ1) is 13.4. The predicted molar refractivity (Wildman–Crippen MR) is 123 cm³/mol. The van der Waals surface area contributed by atoms with Gasteiger partial charge in [-0.2, -0.15) is 0 Å². The number of aryl methyl sites for hydroxylation is 3. The van der Waals surface area contributed by atoms with E-state index >= 15 is 0 Å². The molecule has 0 bridgehead atoms. The van der Waals surface area contributed by atoms with Crippen LogP contribution >= 0.6 is 15.9 Å². The second kappa shape index (κ2) is 13.1. The van der Waals surface area contributed by atoms with Gasteiger partial charge in [-0.05, 0) is 85.4 Å². The zero-order valence-electron chi connectivity index (χ0n) is 18.0. The van der Waals surface area contributed by atoms with Gasteiger partial charge in [0, 0.05) is 4.47 Å². The summed E-state index contributed by atoms with van der Waals surface area (Å²) in [5.74, 6) is 0. The van der Waals surface area contributed by atoms with Crippen LogP contribution in [0.5, 0.6) is 0 Å². The van der Waals surface area contributed by atoms with Crippen LogP contribution in [0.3, 0.4) is 0 Å². The van der Waals surface area contributed by atoms with Gasteiger partial charge >= 0.3 is 17.1 Å². The minimum absolute atomic E-state index is 0. The molecule has 0 amide bonds. The van der Waals surface area contributed by atoms with Gasteiger partial charge < -0.3 is 24.8 Å². The summed E-state index contributed by atoms with van der Waals surface area (Å²) in [6.07, 6.45) is 0. The number of aromatic nitrogens is 1. The predicted octanol–water partition coefficient (Wildman–Crippen LogP) is 1.06. The van der Waals surface area contributed by atoms with Crippen LogP contribution in [0.2, 0.25) is 0 Å². The van der Waals surface area contributed by atoms with Crippen LogP contribution in [-0.2, 0) is 17.1 Å². The van der Waals surface area contributed by atoms with E-state index in [9.17, 15) is 0 Å². The van der Waals surface area contributed by atoms with Crippen molar-refractivity contribution < 1.29 is 41.9 Å². The van der Waals surface area contributed by atoms with E-state index in [4.69, 9.17) is 15.0 Å². The van der Waals surface area contributed by atoms with E-state index < -0.39 is 0 Å². The number of para-hydroxylation sites is 2. The fourth-order valence-corrected chi connectivity index (χ4v) is 3.59. The summed E-state index contributed by atoms with van der Waals surface area (Å²) < 4.78 is 0.982. The van der Waals surface area contributed by atoms with Gasteiger partial charge in [0.05, 0.1) is 34.2 Å². The van der Waals surface area contributed by atoms with Gasteiger partial charge in [-0.25, -0.2) is 4.98 Å². The first-order valence-electron chi connectivity index (χ1n) is 9.26. The minimum Gasteiger partial charge on any atom is -1.00 e. The van der Waals surface area contributed by atoms with E-state index in [2.05, 4.69) is 61.0 Å². The fourth-order valence-electron chi connectivity index (χ4n) is 3.03. The summed E-state index contributed by atoms with van der Waals surface area (Å²) in [6, 6.07) is 18.3. The van der Waals surface area contributed by atoms with Crippen molar-refractivity contribution in [2.45, 2.75) is 34.6 Å². The van der Waals surface area contributed by atoms with Crippen molar-refractivity contribution in [1.29, 1.82) is 0 Å². The Morgan fingerprint density at radius 3 is 1.55 bits per heavy atom. The number of hydrogen-bond donors (Lipinski definition) is 0. The number of pyridine rings is 1. The molecule has 0 atom stereocenters. The third-order valence-electron chi connectivity index (χ3n) is 4.68. The molecule has 1 aromatic heterocycles. The number of benzene rings is 2. The van der Waals surface area contributed by atoms with Crippen LogP contribution in [0.1, 0.15) is 41.9 Å². The summed E-state index contributed by atoms with van der Waals surface area (Å²) >= 11 is 3.59. The number of nitrogens with zero attached hydrogens (tertiary/aromatic N) is 3. The molecule has 0 aliphatic carbocycles. The Labute approximate surface area is 216 Å². The molecule has 0 aliphatic heterocycles. The van der Waals surface area contributed by atoms with Crippen molar-refractivity contribution in [1.82, 2.24) is 4.98 Å². The molecule has 0 radical (unpaired) electrons. The van der Waals surface area contributed by atoms with Crippen molar-refractivity contribution in [3.05, 3.63) is 87.1 Å². The van der Waals surface area contributed by atoms with E-state index in [1.54, 1.807) is 0 Å². The summed E-state index contributed by atoms with van der Waals surface area (Å²) in [5, 5.41) is 0. The van der Waals surface area contributed by atoms with Crippen LogP contribution in [0, 0.1) is 20.8 Å². The van der Waals surface area contributed by atoms with E-state index in [1.807, 2.05) is 44.2 Å². The molecule has 0 spiro atoms. The smallest absolute Gasteiger partial charge is 1.00 e. The molecule has 164 valence electrons. The van der Waals surface area contributed by atoms with Crippen molar-refractivity contribution >= 4 is 38.7 Å². The van der Waals surface area contributed by atoms with E-state index in [0.717, 1.165) is 55.3 Å². The second-order valence-electron chi connectivity index (χ2n) is 6.95. The average molecular weight is 561 g/mol. The zero-order chi connectivity index (χ0) is 20.3. The molecule has 3 aromatic rings. The van der Waals surface area contributed by atoms with Crippen molar-refractivity contribution in [3.63, 3.8) is 0 Å². The molecule has 0 saturated carbocycles. The number of aliphatic imine (C=N–C) groups is 2. The zero-order valence-corrected chi connectivity index (χ0v) is 22.2. The maximum Gasteiger partial charge on any atom is 2.00 e. The fraction of sp³-hybridized carbons (Fsp3) is 0.208. The Kier molecular flexibility index (Phi) is 12.5. The van der Waals surface area contributed by atoms with Gasteiger partial charge in [0.25, 0.3) is 0 Å². The van der Waals surface area contributed by atoms with E-state index in [1.165, 1.54) is 0 Å². The third-order valence-corrected chi connectivity index (χ3v) is 5.32. The number of rotatable bonds is 4. The maximum atomic E-state index is 4.85. The first kappa shape index (κ1) is 29.5. The van der Waals surface area contributed by atoms with Crippen LogP contribution in [0.4, 0.5) is 11.4 Å². The van der Waals surface area contributed by atoms with Crippen LogP contribution in [0.15, 0.2) is 69.1 Å². The van der Waals surface area contributed by atoms with Crippen molar-refractivity contribution in [3.8, 4) is 0 Å². The molecule has 31 heavy (non-hydrogen) atoms. The molecule has 7 heteroatoms. The van der Waals surface area contributed by atoms with Gasteiger partial charge in [-0.3, -0.25) is 9.98 Å². The monoisotopic (exact) mass is 559 g/mol. The van der Waals surface area contributed by atoms with Gasteiger partial charge in [0.15, 0.2) is 0 Å². The molecule has 0 saturated heterocycles. The SMILES string of the molecule is CC(=Nc1c(C)cccc1C)c1cccc(C(C)=Nc2c(C)cccc2Br)n1.[Cl-].[Cl-].[Fe+2]. The van der Waals surface area contributed by atoms with Crippen LogP contribution in [0.25, 0.3) is 0 Å². The average Bonchev–Trinajstić information content (AvgIpc) is 2.67. The molecule has 2 aromatic carbocycles. The van der Waals surface area contributed by atoms with Crippen LogP contribution < -0.4 is 24.8 Å². The normalized spacial score (nSPS) is 11.2. The van der Waals surface area contributed by atoms with Crippen molar-refractivity contribution in [2.24, 2.45) is 9.98 Å². The Morgan fingerprint density at radius 2 is 1.06 bits per heavy atom. The Bertz CT molecular complexity index is 975. The topological polar surface area (TPSA) is 37.6 Å². The largest absolute Gasteiger partial charge is 2.00 e. The third kappa shape index (κ3) is 7.27. The molecule has 3 nitrogen and oxygen atoms in total. The standard InChI is InChI=1S/C24H24BrN3.2ClH.Fe/c1-15-9-6-10-16(2)23(15)26-18(4)21-13-8-14-22(28-21)19(5)27-24-17(3)11-7-12-20(24)25;;;/h6-14H,1-5H3;2*1H;/q;;;+2/p-2. The molecule has 0 N–H and O–H groups in total. The van der Waals surface area contributed by atoms with Gasteiger partial charge in [0.2, 0.25) is 0 Å². The van der Waals surface area contributed by atoms with Gasteiger partial charge in [-0.1, -0.05) is 36.4 Å². The summed E-state index contributed by atoms with van der Waals surface area (Å²) in [7, 11) is 0. The molecule has 0 aliphatic rings. The van der Waals surface area contributed by atoms with E-state index in [-0.39, 0.29) is 41.9 Å². The summed E-state index contributed by atoms with van der Waals surface area (Å²) in [6.45, 7) is 10.2. The Hall–Kier alpha value is -1.49. The molecule has 1 heterocycles. The van der Waals surface area contributed by atoms with Gasteiger partial charge in [-0.15, -0.1) is 0 Å². The quantitative estimate of drug-likeness (QED) is 0.347. The molecule has 3 rings (SSSR count).